The standard InChI is InChI=1S/C12H11NO4/c14-11(15)6-3-9-1-4-10(5-2-9)13-7-8-17-12(13)16/h1-6H,7-8H2,(H,14,15)/b6-3+. The fraction of sp³-hybridized carbons (Fsp3) is 0.167. The molecule has 1 aliphatic heterocycles. The summed E-state index contributed by atoms with van der Waals surface area (Å²) in [6.45, 7) is 0.947. The molecule has 5 heteroatoms. The van der Waals surface area contributed by atoms with E-state index in [0.29, 0.717) is 13.2 Å². The van der Waals surface area contributed by atoms with Crippen LogP contribution in [0.4, 0.5) is 10.5 Å². The SMILES string of the molecule is O=C(O)/C=C/c1ccc(N2CCOC2=O)cc1. The topological polar surface area (TPSA) is 66.8 Å². The molecule has 0 radical (unpaired) electrons. The van der Waals surface area contributed by atoms with Gasteiger partial charge in [0.1, 0.15) is 6.61 Å². The van der Waals surface area contributed by atoms with Gasteiger partial charge >= 0.3 is 12.1 Å². The molecule has 1 aliphatic rings. The minimum atomic E-state index is -0.989. The van der Waals surface area contributed by atoms with Gasteiger partial charge in [0.15, 0.2) is 0 Å². The molecule has 1 aromatic carbocycles. The van der Waals surface area contributed by atoms with Crippen molar-refractivity contribution in [3.63, 3.8) is 0 Å². The molecule has 88 valence electrons. The number of rotatable bonds is 3. The summed E-state index contributed by atoms with van der Waals surface area (Å²) in [4.78, 5) is 23.2. The van der Waals surface area contributed by atoms with Gasteiger partial charge in [-0.1, -0.05) is 12.1 Å². The minimum Gasteiger partial charge on any atom is -0.478 e. The number of hydrogen-bond acceptors (Lipinski definition) is 3. The lowest BCUT2D eigenvalue weighted by molar-refractivity contribution is -0.131. The first-order valence-corrected chi connectivity index (χ1v) is 5.12. The molecule has 1 heterocycles. The zero-order valence-electron chi connectivity index (χ0n) is 9.00. The number of hydrogen-bond donors (Lipinski definition) is 1. The maximum Gasteiger partial charge on any atom is 0.414 e. The zero-order chi connectivity index (χ0) is 12.3. The summed E-state index contributed by atoms with van der Waals surface area (Å²) < 4.78 is 4.82. The van der Waals surface area contributed by atoms with Crippen LogP contribution in [0.1, 0.15) is 5.56 Å². The molecular formula is C12H11NO4. The molecule has 5 nitrogen and oxygen atoms in total. The summed E-state index contributed by atoms with van der Waals surface area (Å²) in [7, 11) is 0. The molecule has 1 saturated heterocycles. The lowest BCUT2D eigenvalue weighted by Crippen LogP contribution is -2.23. The fourth-order valence-electron chi connectivity index (χ4n) is 1.56. The first-order valence-electron chi connectivity index (χ1n) is 5.12. The Morgan fingerprint density at radius 2 is 2.06 bits per heavy atom. The maximum absolute atomic E-state index is 11.3. The predicted octanol–water partition coefficient (Wildman–Crippen LogP) is 1.74. The molecule has 0 aliphatic carbocycles. The third-order valence-electron chi connectivity index (χ3n) is 2.38. The molecular weight excluding hydrogens is 222 g/mol. The smallest absolute Gasteiger partial charge is 0.414 e. The van der Waals surface area contributed by atoms with Crippen LogP contribution in [0.5, 0.6) is 0 Å². The van der Waals surface area contributed by atoms with Gasteiger partial charge in [-0.05, 0) is 23.8 Å². The molecule has 0 bridgehead atoms. The fourth-order valence-corrected chi connectivity index (χ4v) is 1.56. The lowest BCUT2D eigenvalue weighted by Gasteiger charge is -2.12. The number of benzene rings is 1. The number of carboxylic acids is 1. The number of aliphatic carboxylic acids is 1. The maximum atomic E-state index is 11.3. The number of ether oxygens (including phenoxy) is 1. The van der Waals surface area contributed by atoms with Crippen LogP contribution in [-0.2, 0) is 9.53 Å². The van der Waals surface area contributed by atoms with Gasteiger partial charge in [0, 0.05) is 11.8 Å². The van der Waals surface area contributed by atoms with Gasteiger partial charge < -0.3 is 9.84 Å². The van der Waals surface area contributed by atoms with Gasteiger partial charge in [-0.2, -0.15) is 0 Å². The average molecular weight is 233 g/mol. The van der Waals surface area contributed by atoms with Crippen LogP contribution >= 0.6 is 0 Å². The Kier molecular flexibility index (Phi) is 3.09. The van der Waals surface area contributed by atoms with Crippen molar-refractivity contribution in [2.75, 3.05) is 18.1 Å². The molecule has 0 spiro atoms. The highest BCUT2D eigenvalue weighted by Crippen LogP contribution is 2.19. The van der Waals surface area contributed by atoms with Gasteiger partial charge in [0.05, 0.1) is 6.54 Å². The summed E-state index contributed by atoms with van der Waals surface area (Å²) in [5.41, 5.74) is 1.52. The summed E-state index contributed by atoms with van der Waals surface area (Å²) in [5.74, 6) is -0.989. The van der Waals surface area contributed by atoms with Crippen molar-refractivity contribution < 1.29 is 19.4 Å². The number of carboxylic acid groups (broad SMARTS) is 1. The van der Waals surface area contributed by atoms with Crippen LogP contribution in [-0.4, -0.2) is 30.3 Å². The Labute approximate surface area is 97.9 Å². The Morgan fingerprint density at radius 1 is 1.35 bits per heavy atom. The average Bonchev–Trinajstić information content (AvgIpc) is 2.73. The molecule has 0 aromatic heterocycles. The molecule has 1 fully saturated rings. The second-order valence-corrected chi connectivity index (χ2v) is 3.53. The molecule has 1 N–H and O–H groups in total. The lowest BCUT2D eigenvalue weighted by atomic mass is 10.2. The highest BCUT2D eigenvalue weighted by molar-refractivity contribution is 5.89. The molecule has 0 unspecified atom stereocenters. The highest BCUT2D eigenvalue weighted by atomic mass is 16.6. The van der Waals surface area contributed by atoms with Crippen molar-refractivity contribution in [2.24, 2.45) is 0 Å². The third kappa shape index (κ3) is 2.63. The van der Waals surface area contributed by atoms with E-state index in [4.69, 9.17) is 9.84 Å². The normalized spacial score (nSPS) is 15.3. The van der Waals surface area contributed by atoms with E-state index in [1.165, 1.54) is 11.0 Å². The van der Waals surface area contributed by atoms with Gasteiger partial charge in [0.2, 0.25) is 0 Å². The summed E-state index contributed by atoms with van der Waals surface area (Å²) in [5, 5.41) is 8.48. The zero-order valence-corrected chi connectivity index (χ0v) is 9.00. The summed E-state index contributed by atoms with van der Waals surface area (Å²) >= 11 is 0. The molecule has 1 amide bonds. The first kappa shape index (κ1) is 11.2. The summed E-state index contributed by atoms with van der Waals surface area (Å²) in [6.07, 6.45) is 2.21. The van der Waals surface area contributed by atoms with Gasteiger partial charge in [0.25, 0.3) is 0 Å². The third-order valence-corrected chi connectivity index (χ3v) is 2.38. The minimum absolute atomic E-state index is 0.348. The van der Waals surface area contributed by atoms with Crippen LogP contribution in [0.2, 0.25) is 0 Å². The Bertz CT molecular complexity index is 464. The molecule has 1 aromatic rings. The summed E-state index contributed by atoms with van der Waals surface area (Å²) in [6, 6.07) is 7.02. The Hall–Kier alpha value is -2.30. The Morgan fingerprint density at radius 3 is 2.59 bits per heavy atom. The van der Waals surface area contributed by atoms with E-state index in [0.717, 1.165) is 17.3 Å². The molecule has 2 rings (SSSR count). The van der Waals surface area contributed by atoms with Crippen molar-refractivity contribution >= 4 is 23.8 Å². The monoisotopic (exact) mass is 233 g/mol. The van der Waals surface area contributed by atoms with Crippen molar-refractivity contribution in [3.05, 3.63) is 35.9 Å². The predicted molar refractivity (Wildman–Crippen MR) is 61.8 cm³/mol. The number of amides is 1. The van der Waals surface area contributed by atoms with Crippen molar-refractivity contribution in [2.45, 2.75) is 0 Å². The van der Waals surface area contributed by atoms with E-state index in [9.17, 15) is 9.59 Å². The van der Waals surface area contributed by atoms with Gasteiger partial charge in [-0.25, -0.2) is 9.59 Å². The van der Waals surface area contributed by atoms with Crippen molar-refractivity contribution in [1.82, 2.24) is 0 Å². The highest BCUT2D eigenvalue weighted by Gasteiger charge is 2.22. The van der Waals surface area contributed by atoms with E-state index in [1.807, 2.05) is 0 Å². The number of nitrogens with zero attached hydrogens (tertiary/aromatic N) is 1. The van der Waals surface area contributed by atoms with Crippen LogP contribution in [0.15, 0.2) is 30.3 Å². The second-order valence-electron chi connectivity index (χ2n) is 3.53. The van der Waals surface area contributed by atoms with E-state index in [-0.39, 0.29) is 6.09 Å². The van der Waals surface area contributed by atoms with Crippen LogP contribution in [0.25, 0.3) is 6.08 Å². The number of cyclic esters (lactones) is 1. The van der Waals surface area contributed by atoms with E-state index in [1.54, 1.807) is 24.3 Å². The van der Waals surface area contributed by atoms with Gasteiger partial charge in [-0.15, -0.1) is 0 Å². The van der Waals surface area contributed by atoms with E-state index >= 15 is 0 Å². The molecule has 0 saturated carbocycles. The number of carbonyl (C=O) groups is 2. The van der Waals surface area contributed by atoms with Crippen LogP contribution < -0.4 is 4.90 Å². The van der Waals surface area contributed by atoms with Crippen molar-refractivity contribution in [3.8, 4) is 0 Å². The second kappa shape index (κ2) is 4.69. The van der Waals surface area contributed by atoms with E-state index < -0.39 is 5.97 Å². The van der Waals surface area contributed by atoms with E-state index in [2.05, 4.69) is 0 Å². The van der Waals surface area contributed by atoms with Crippen LogP contribution in [0, 0.1) is 0 Å². The first-order chi connectivity index (χ1) is 8.16. The number of anilines is 1. The molecule has 17 heavy (non-hydrogen) atoms. The van der Waals surface area contributed by atoms with Gasteiger partial charge in [-0.3, -0.25) is 4.90 Å². The van der Waals surface area contributed by atoms with Crippen LogP contribution in [0.3, 0.4) is 0 Å². The largest absolute Gasteiger partial charge is 0.478 e. The van der Waals surface area contributed by atoms with Crippen molar-refractivity contribution in [1.29, 1.82) is 0 Å². The quantitative estimate of drug-likeness (QED) is 0.807. The Balaban J connectivity index is 2.12. The number of carbonyl (C=O) groups excluding carboxylic acids is 1. The molecule has 0 atom stereocenters.